The van der Waals surface area contributed by atoms with E-state index in [1.807, 2.05) is 30.3 Å². The Labute approximate surface area is 129 Å². The fourth-order valence-corrected chi connectivity index (χ4v) is 3.83. The zero-order chi connectivity index (χ0) is 15.3. The van der Waals surface area contributed by atoms with E-state index in [4.69, 9.17) is 15.4 Å². The Kier molecular flexibility index (Phi) is 5.47. The molecule has 1 atom stereocenters. The van der Waals surface area contributed by atoms with Crippen LogP contribution in [0.15, 0.2) is 30.3 Å². The van der Waals surface area contributed by atoms with Gasteiger partial charge in [-0.25, -0.2) is 13.2 Å². The van der Waals surface area contributed by atoms with Crippen LogP contribution in [0.2, 0.25) is 0 Å². The monoisotopic (exact) mass is 331 g/mol. The third-order valence-corrected chi connectivity index (χ3v) is 4.66. The Balaban J connectivity index is 1.84. The second kappa shape index (κ2) is 7.13. The largest absolute Gasteiger partial charge is 0.445 e. The lowest BCUT2D eigenvalue weighted by Gasteiger charge is -2.31. The average Bonchev–Trinajstić information content (AvgIpc) is 2.44. The number of amides is 1. The molecule has 7 heteroatoms. The van der Waals surface area contributed by atoms with E-state index in [-0.39, 0.29) is 18.3 Å². The van der Waals surface area contributed by atoms with Gasteiger partial charge in [-0.2, -0.15) is 0 Å². The number of halogens is 1. The van der Waals surface area contributed by atoms with Crippen LogP contribution in [0.3, 0.4) is 0 Å². The van der Waals surface area contributed by atoms with Gasteiger partial charge in [-0.3, -0.25) is 0 Å². The van der Waals surface area contributed by atoms with E-state index in [9.17, 15) is 13.2 Å². The van der Waals surface area contributed by atoms with Crippen molar-refractivity contribution < 1.29 is 17.9 Å². The zero-order valence-electron chi connectivity index (χ0n) is 11.6. The molecule has 0 saturated carbocycles. The van der Waals surface area contributed by atoms with E-state index in [0.717, 1.165) is 18.4 Å². The average molecular weight is 332 g/mol. The Morgan fingerprint density at radius 2 is 2.05 bits per heavy atom. The number of rotatable bonds is 4. The summed E-state index contributed by atoms with van der Waals surface area (Å²) in [6.07, 6.45) is 1.11. The van der Waals surface area contributed by atoms with Crippen LogP contribution < -0.4 is 0 Å². The minimum Gasteiger partial charge on any atom is -0.445 e. The standard InChI is InChI=1S/C14H18ClNO4S/c15-21(18,19)11-13-7-4-8-16(9-13)14(17)20-10-12-5-2-1-3-6-12/h1-3,5-6,13H,4,7-11H2/t13-/m0/s1. The summed E-state index contributed by atoms with van der Waals surface area (Å²) in [5.74, 6) is -0.220. The number of hydrogen-bond acceptors (Lipinski definition) is 4. The van der Waals surface area contributed by atoms with Crippen molar-refractivity contribution in [3.63, 3.8) is 0 Å². The molecule has 0 bridgehead atoms. The lowest BCUT2D eigenvalue weighted by molar-refractivity contribution is 0.0813. The van der Waals surface area contributed by atoms with Crippen LogP contribution in [-0.2, 0) is 20.4 Å². The fraction of sp³-hybridized carbons (Fsp3) is 0.500. The number of piperidine rings is 1. The molecule has 1 amide bonds. The number of ether oxygens (including phenoxy) is 1. The van der Waals surface area contributed by atoms with E-state index >= 15 is 0 Å². The van der Waals surface area contributed by atoms with Crippen LogP contribution in [0, 0.1) is 5.92 Å². The van der Waals surface area contributed by atoms with Gasteiger partial charge in [0.25, 0.3) is 0 Å². The summed E-state index contributed by atoms with van der Waals surface area (Å²) in [5.41, 5.74) is 0.919. The summed E-state index contributed by atoms with van der Waals surface area (Å²) in [6, 6.07) is 9.42. The summed E-state index contributed by atoms with van der Waals surface area (Å²) in [5, 5.41) is 0. The molecular weight excluding hydrogens is 314 g/mol. The third kappa shape index (κ3) is 5.55. The summed E-state index contributed by atoms with van der Waals surface area (Å²) in [6.45, 7) is 1.18. The first-order valence-corrected chi connectivity index (χ1v) is 9.30. The lowest BCUT2D eigenvalue weighted by atomic mass is 10.0. The third-order valence-electron chi connectivity index (χ3n) is 3.42. The molecule has 1 aromatic carbocycles. The predicted molar refractivity (Wildman–Crippen MR) is 80.6 cm³/mol. The molecule has 1 heterocycles. The topological polar surface area (TPSA) is 63.7 Å². The highest BCUT2D eigenvalue weighted by Gasteiger charge is 2.27. The molecule has 2 rings (SSSR count). The second-order valence-corrected chi connectivity index (χ2v) is 8.02. The van der Waals surface area contributed by atoms with Crippen molar-refractivity contribution in [3.05, 3.63) is 35.9 Å². The highest BCUT2D eigenvalue weighted by Crippen LogP contribution is 2.20. The van der Waals surface area contributed by atoms with E-state index in [1.54, 1.807) is 4.90 Å². The van der Waals surface area contributed by atoms with E-state index in [1.165, 1.54) is 0 Å². The molecule has 0 radical (unpaired) electrons. The Hall–Kier alpha value is -1.27. The molecular formula is C14H18ClNO4S. The van der Waals surface area contributed by atoms with E-state index < -0.39 is 15.1 Å². The lowest BCUT2D eigenvalue weighted by Crippen LogP contribution is -2.41. The quantitative estimate of drug-likeness (QED) is 0.795. The van der Waals surface area contributed by atoms with E-state index in [2.05, 4.69) is 0 Å². The van der Waals surface area contributed by atoms with Gasteiger partial charge in [0.1, 0.15) is 6.61 Å². The molecule has 0 spiro atoms. The molecule has 5 nitrogen and oxygen atoms in total. The van der Waals surface area contributed by atoms with Gasteiger partial charge in [0.2, 0.25) is 9.05 Å². The van der Waals surface area contributed by atoms with Gasteiger partial charge in [0.05, 0.1) is 5.75 Å². The van der Waals surface area contributed by atoms with Crippen molar-refractivity contribution in [1.82, 2.24) is 4.90 Å². The summed E-state index contributed by atoms with van der Waals surface area (Å²) in [7, 11) is 1.74. The summed E-state index contributed by atoms with van der Waals surface area (Å²) in [4.78, 5) is 13.6. The molecule has 1 aliphatic heterocycles. The van der Waals surface area contributed by atoms with Crippen LogP contribution >= 0.6 is 10.7 Å². The molecule has 1 aliphatic rings. The zero-order valence-corrected chi connectivity index (χ0v) is 13.1. The smallest absolute Gasteiger partial charge is 0.410 e. The predicted octanol–water partition coefficient (Wildman–Crippen LogP) is 2.60. The maximum absolute atomic E-state index is 12.0. The van der Waals surface area contributed by atoms with Crippen molar-refractivity contribution in [2.75, 3.05) is 18.8 Å². The van der Waals surface area contributed by atoms with Crippen molar-refractivity contribution in [3.8, 4) is 0 Å². The van der Waals surface area contributed by atoms with Crippen LogP contribution in [0.25, 0.3) is 0 Å². The number of carbonyl (C=O) groups is 1. The molecule has 21 heavy (non-hydrogen) atoms. The molecule has 0 aromatic heterocycles. The Bertz CT molecular complexity index is 576. The van der Waals surface area contributed by atoms with Crippen LogP contribution in [0.1, 0.15) is 18.4 Å². The molecule has 1 aromatic rings. The van der Waals surface area contributed by atoms with Gasteiger partial charge in [-0.05, 0) is 24.3 Å². The number of hydrogen-bond donors (Lipinski definition) is 0. The number of nitrogens with zero attached hydrogens (tertiary/aromatic N) is 1. The number of benzene rings is 1. The van der Waals surface area contributed by atoms with Gasteiger partial charge in [0, 0.05) is 23.8 Å². The molecule has 0 unspecified atom stereocenters. The maximum atomic E-state index is 12.0. The van der Waals surface area contributed by atoms with Crippen LogP contribution in [0.5, 0.6) is 0 Å². The van der Waals surface area contributed by atoms with Crippen molar-refractivity contribution >= 4 is 25.8 Å². The normalized spacial score (nSPS) is 19.3. The van der Waals surface area contributed by atoms with E-state index in [0.29, 0.717) is 13.1 Å². The summed E-state index contributed by atoms with van der Waals surface area (Å²) < 4.78 is 27.5. The first kappa shape index (κ1) is 16.1. The van der Waals surface area contributed by atoms with Gasteiger partial charge in [-0.15, -0.1) is 0 Å². The van der Waals surface area contributed by atoms with Gasteiger partial charge in [-0.1, -0.05) is 30.3 Å². The molecule has 0 N–H and O–H groups in total. The van der Waals surface area contributed by atoms with Crippen molar-refractivity contribution in [2.24, 2.45) is 5.92 Å². The van der Waals surface area contributed by atoms with Crippen LogP contribution in [-0.4, -0.2) is 38.3 Å². The van der Waals surface area contributed by atoms with Crippen LogP contribution in [0.4, 0.5) is 4.79 Å². The molecule has 0 aliphatic carbocycles. The minimum atomic E-state index is -3.53. The molecule has 116 valence electrons. The molecule has 1 saturated heterocycles. The maximum Gasteiger partial charge on any atom is 0.410 e. The SMILES string of the molecule is O=C(OCc1ccccc1)N1CCC[C@H](CS(=O)(=O)Cl)C1. The fourth-order valence-electron chi connectivity index (χ4n) is 2.46. The number of carbonyl (C=O) groups excluding carboxylic acids is 1. The van der Waals surface area contributed by atoms with Crippen molar-refractivity contribution in [2.45, 2.75) is 19.4 Å². The van der Waals surface area contributed by atoms with Gasteiger partial charge >= 0.3 is 6.09 Å². The highest BCUT2D eigenvalue weighted by molar-refractivity contribution is 8.13. The first-order valence-electron chi connectivity index (χ1n) is 6.82. The Morgan fingerprint density at radius 1 is 1.33 bits per heavy atom. The van der Waals surface area contributed by atoms with Crippen molar-refractivity contribution in [1.29, 1.82) is 0 Å². The first-order chi connectivity index (χ1) is 9.94. The molecule has 1 fully saturated rings. The second-order valence-electron chi connectivity index (χ2n) is 5.20. The minimum absolute atomic E-state index is 0.100. The highest BCUT2D eigenvalue weighted by atomic mass is 35.7. The van der Waals surface area contributed by atoms with Gasteiger partial charge < -0.3 is 9.64 Å². The van der Waals surface area contributed by atoms with Gasteiger partial charge in [0.15, 0.2) is 0 Å². The number of likely N-dealkylation sites (tertiary alicyclic amines) is 1. The summed E-state index contributed by atoms with van der Waals surface area (Å²) >= 11 is 0. The Morgan fingerprint density at radius 3 is 2.71 bits per heavy atom.